The third-order valence-electron chi connectivity index (χ3n) is 5.66. The highest BCUT2D eigenvalue weighted by Crippen LogP contribution is 2.23. The molecule has 34 heavy (non-hydrogen) atoms. The van der Waals surface area contributed by atoms with Crippen LogP contribution >= 0.6 is 11.6 Å². The highest BCUT2D eigenvalue weighted by atomic mass is 35.5. The van der Waals surface area contributed by atoms with Crippen molar-refractivity contribution in [3.63, 3.8) is 0 Å². The summed E-state index contributed by atoms with van der Waals surface area (Å²) in [5, 5.41) is 11.9. The Kier molecular flexibility index (Phi) is 7.29. The predicted molar refractivity (Wildman–Crippen MR) is 131 cm³/mol. The van der Waals surface area contributed by atoms with E-state index in [4.69, 9.17) is 16.9 Å². The molecule has 0 spiro atoms. The first-order valence-electron chi connectivity index (χ1n) is 10.7. The Balaban J connectivity index is 1.43. The van der Waals surface area contributed by atoms with E-state index in [0.717, 1.165) is 6.54 Å². The SMILES string of the molecule is N#Cc1ccc(NC(=O)c2cccc(S(=O)(=O)N3CCN(Cc4ccccc4)CC3)c2)cc1Cl. The van der Waals surface area contributed by atoms with Crippen molar-refractivity contribution in [2.24, 2.45) is 0 Å². The van der Waals surface area contributed by atoms with Crippen LogP contribution in [0, 0.1) is 11.3 Å². The van der Waals surface area contributed by atoms with E-state index in [1.807, 2.05) is 24.3 Å². The molecule has 3 aromatic rings. The second-order valence-electron chi connectivity index (χ2n) is 7.95. The number of benzene rings is 3. The zero-order valence-electron chi connectivity index (χ0n) is 18.3. The van der Waals surface area contributed by atoms with Gasteiger partial charge in [0.2, 0.25) is 10.0 Å². The summed E-state index contributed by atoms with van der Waals surface area (Å²) in [6, 6.07) is 22.6. The number of piperazine rings is 1. The number of rotatable bonds is 6. The van der Waals surface area contributed by atoms with Crippen LogP contribution < -0.4 is 5.32 Å². The van der Waals surface area contributed by atoms with E-state index >= 15 is 0 Å². The standard InChI is InChI=1S/C25H23ClN4O3S/c26-24-16-22(10-9-21(24)17-27)28-25(31)20-7-4-8-23(15-20)34(32,33)30-13-11-29(12-14-30)18-19-5-2-1-3-6-19/h1-10,15-16H,11-14,18H2,(H,28,31). The van der Waals surface area contributed by atoms with E-state index in [-0.39, 0.29) is 15.5 Å². The number of hydrogen-bond acceptors (Lipinski definition) is 5. The van der Waals surface area contributed by atoms with Crippen LogP contribution in [0.2, 0.25) is 5.02 Å². The lowest BCUT2D eigenvalue weighted by atomic mass is 10.2. The highest BCUT2D eigenvalue weighted by Gasteiger charge is 2.29. The molecular weight excluding hydrogens is 472 g/mol. The molecule has 3 aromatic carbocycles. The summed E-state index contributed by atoms with van der Waals surface area (Å²) >= 11 is 6.02. The van der Waals surface area contributed by atoms with Crippen molar-refractivity contribution < 1.29 is 13.2 Å². The number of amides is 1. The van der Waals surface area contributed by atoms with Crippen LogP contribution in [0.15, 0.2) is 77.7 Å². The van der Waals surface area contributed by atoms with Gasteiger partial charge in [-0.05, 0) is 42.0 Å². The van der Waals surface area contributed by atoms with Gasteiger partial charge in [0.25, 0.3) is 5.91 Å². The first-order valence-corrected chi connectivity index (χ1v) is 12.6. The molecule has 7 nitrogen and oxygen atoms in total. The van der Waals surface area contributed by atoms with Crippen LogP contribution in [0.3, 0.4) is 0 Å². The van der Waals surface area contributed by atoms with Crippen LogP contribution in [0.25, 0.3) is 0 Å². The van der Waals surface area contributed by atoms with Gasteiger partial charge in [-0.2, -0.15) is 9.57 Å². The molecule has 0 bridgehead atoms. The largest absolute Gasteiger partial charge is 0.322 e. The molecule has 1 aliphatic rings. The summed E-state index contributed by atoms with van der Waals surface area (Å²) in [6.45, 7) is 2.82. The normalized spacial score (nSPS) is 14.9. The molecule has 0 unspecified atom stereocenters. The van der Waals surface area contributed by atoms with Gasteiger partial charge >= 0.3 is 0 Å². The molecule has 1 saturated heterocycles. The first kappa shape index (κ1) is 23.9. The van der Waals surface area contributed by atoms with Gasteiger partial charge in [-0.25, -0.2) is 8.42 Å². The molecule has 174 valence electrons. The molecule has 1 amide bonds. The minimum Gasteiger partial charge on any atom is -0.322 e. The number of carbonyl (C=O) groups is 1. The van der Waals surface area contributed by atoms with Crippen LogP contribution in [-0.2, 0) is 16.6 Å². The topological polar surface area (TPSA) is 93.5 Å². The maximum absolute atomic E-state index is 13.2. The van der Waals surface area contributed by atoms with E-state index < -0.39 is 15.9 Å². The third kappa shape index (κ3) is 5.46. The quantitative estimate of drug-likeness (QED) is 0.559. The van der Waals surface area contributed by atoms with E-state index in [0.29, 0.717) is 37.4 Å². The number of anilines is 1. The Morgan fingerprint density at radius 3 is 2.38 bits per heavy atom. The van der Waals surface area contributed by atoms with Crippen LogP contribution in [0.1, 0.15) is 21.5 Å². The van der Waals surface area contributed by atoms with E-state index in [2.05, 4.69) is 22.3 Å². The highest BCUT2D eigenvalue weighted by molar-refractivity contribution is 7.89. The van der Waals surface area contributed by atoms with Crippen molar-refractivity contribution in [2.75, 3.05) is 31.5 Å². The fourth-order valence-electron chi connectivity index (χ4n) is 3.80. The zero-order valence-corrected chi connectivity index (χ0v) is 19.9. The molecule has 1 fully saturated rings. The summed E-state index contributed by atoms with van der Waals surface area (Å²) in [5.74, 6) is -0.467. The van der Waals surface area contributed by atoms with Crippen LogP contribution in [-0.4, -0.2) is 49.7 Å². The minimum atomic E-state index is -3.73. The minimum absolute atomic E-state index is 0.0783. The maximum Gasteiger partial charge on any atom is 0.255 e. The van der Waals surface area contributed by atoms with Crippen molar-refractivity contribution in [1.29, 1.82) is 5.26 Å². The van der Waals surface area contributed by atoms with Crippen molar-refractivity contribution in [2.45, 2.75) is 11.4 Å². The third-order valence-corrected chi connectivity index (χ3v) is 7.87. The number of hydrogen-bond donors (Lipinski definition) is 1. The molecular formula is C25H23ClN4O3S. The van der Waals surface area contributed by atoms with Crippen molar-refractivity contribution in [3.8, 4) is 6.07 Å². The summed E-state index contributed by atoms with van der Waals surface area (Å²) in [4.78, 5) is 15.0. The van der Waals surface area contributed by atoms with Gasteiger partial charge < -0.3 is 5.32 Å². The monoisotopic (exact) mass is 494 g/mol. The predicted octanol–water partition coefficient (Wildman–Crippen LogP) is 3.97. The second-order valence-corrected chi connectivity index (χ2v) is 10.3. The molecule has 0 atom stereocenters. The lowest BCUT2D eigenvalue weighted by molar-refractivity contribution is 0.102. The molecule has 0 aromatic heterocycles. The van der Waals surface area contributed by atoms with Crippen molar-refractivity contribution in [3.05, 3.63) is 94.5 Å². The van der Waals surface area contributed by atoms with Gasteiger partial charge in [-0.15, -0.1) is 0 Å². The average molecular weight is 495 g/mol. The Labute approximate surface area is 204 Å². The van der Waals surface area contributed by atoms with Gasteiger partial charge in [0, 0.05) is 44.0 Å². The van der Waals surface area contributed by atoms with Gasteiger partial charge in [0.1, 0.15) is 6.07 Å². The van der Waals surface area contributed by atoms with Crippen molar-refractivity contribution >= 4 is 33.2 Å². The fourth-order valence-corrected chi connectivity index (χ4v) is 5.49. The Morgan fingerprint density at radius 2 is 1.71 bits per heavy atom. The van der Waals surface area contributed by atoms with Gasteiger partial charge in [0.05, 0.1) is 15.5 Å². The maximum atomic E-state index is 13.2. The number of sulfonamides is 1. The molecule has 1 N–H and O–H groups in total. The molecule has 0 saturated carbocycles. The molecule has 1 heterocycles. The fraction of sp³-hybridized carbons (Fsp3) is 0.200. The summed E-state index contributed by atoms with van der Waals surface area (Å²) in [5.41, 5.74) is 2.12. The zero-order chi connectivity index (χ0) is 24.1. The number of nitrogens with zero attached hydrogens (tertiary/aromatic N) is 3. The number of halogens is 1. The lowest BCUT2D eigenvalue weighted by Crippen LogP contribution is -2.48. The molecule has 9 heteroatoms. The van der Waals surface area contributed by atoms with E-state index in [9.17, 15) is 13.2 Å². The molecule has 4 rings (SSSR count). The summed E-state index contributed by atoms with van der Waals surface area (Å²) in [7, 11) is -3.73. The van der Waals surface area contributed by atoms with Gasteiger partial charge in [-0.3, -0.25) is 9.69 Å². The second kappa shape index (κ2) is 10.4. The van der Waals surface area contributed by atoms with Crippen LogP contribution in [0.5, 0.6) is 0 Å². The average Bonchev–Trinajstić information content (AvgIpc) is 2.85. The smallest absolute Gasteiger partial charge is 0.255 e. The van der Waals surface area contributed by atoms with E-state index in [1.165, 1.54) is 34.1 Å². The Hall–Kier alpha value is -3.22. The molecule has 0 aliphatic carbocycles. The number of nitriles is 1. The van der Waals surface area contributed by atoms with Gasteiger partial charge in [0.15, 0.2) is 0 Å². The summed E-state index contributed by atoms with van der Waals surface area (Å²) in [6.07, 6.45) is 0. The summed E-state index contributed by atoms with van der Waals surface area (Å²) < 4.78 is 27.9. The van der Waals surface area contributed by atoms with Crippen LogP contribution in [0.4, 0.5) is 5.69 Å². The first-order chi connectivity index (χ1) is 16.4. The molecule has 0 radical (unpaired) electrons. The Bertz CT molecular complexity index is 1330. The van der Waals surface area contributed by atoms with Gasteiger partial charge in [-0.1, -0.05) is 48.0 Å². The Morgan fingerprint density at radius 1 is 0.971 bits per heavy atom. The van der Waals surface area contributed by atoms with Crippen molar-refractivity contribution in [1.82, 2.24) is 9.21 Å². The molecule has 1 aliphatic heterocycles. The number of nitrogens with one attached hydrogen (secondary N) is 1. The van der Waals surface area contributed by atoms with E-state index in [1.54, 1.807) is 18.2 Å². The number of carbonyl (C=O) groups excluding carboxylic acids is 1. The lowest BCUT2D eigenvalue weighted by Gasteiger charge is -2.34.